The summed E-state index contributed by atoms with van der Waals surface area (Å²) in [4.78, 5) is 26.3. The minimum Gasteiger partial charge on any atom is -0.497 e. The Morgan fingerprint density at radius 2 is 1.96 bits per heavy atom. The Labute approximate surface area is 148 Å². The molecule has 0 radical (unpaired) electrons. The van der Waals surface area contributed by atoms with Gasteiger partial charge >= 0.3 is 0 Å². The highest BCUT2D eigenvalue weighted by molar-refractivity contribution is 7.92. The molecule has 2 rings (SSSR count). The fraction of sp³-hybridized carbons (Fsp3) is 0.500. The molecule has 1 saturated heterocycles. The summed E-state index contributed by atoms with van der Waals surface area (Å²) in [7, 11) is -2.02. The number of anilines is 1. The van der Waals surface area contributed by atoms with Gasteiger partial charge in [-0.05, 0) is 12.1 Å². The van der Waals surface area contributed by atoms with Gasteiger partial charge in [-0.3, -0.25) is 13.9 Å². The first-order valence-electron chi connectivity index (χ1n) is 7.94. The van der Waals surface area contributed by atoms with Gasteiger partial charge < -0.3 is 14.5 Å². The number of amides is 2. The number of ether oxygens (including phenoxy) is 1. The third-order valence-electron chi connectivity index (χ3n) is 4.09. The number of sulfonamides is 1. The predicted molar refractivity (Wildman–Crippen MR) is 94.0 cm³/mol. The Hall–Kier alpha value is -2.29. The lowest BCUT2D eigenvalue weighted by molar-refractivity contribution is -0.134. The molecule has 1 fully saturated rings. The van der Waals surface area contributed by atoms with Crippen LogP contribution in [0.4, 0.5) is 5.69 Å². The first-order chi connectivity index (χ1) is 11.8. The van der Waals surface area contributed by atoms with Crippen molar-refractivity contribution in [2.24, 2.45) is 0 Å². The summed E-state index contributed by atoms with van der Waals surface area (Å²) in [5.41, 5.74) is 0.459. The van der Waals surface area contributed by atoms with Crippen LogP contribution in [-0.4, -0.2) is 76.6 Å². The molecule has 1 aromatic carbocycles. The maximum absolute atomic E-state index is 12.4. The average Bonchev–Trinajstić information content (AvgIpc) is 2.61. The zero-order chi connectivity index (χ0) is 18.4. The summed E-state index contributed by atoms with van der Waals surface area (Å²) in [6.45, 7) is 1.99. The smallest absolute Gasteiger partial charge is 0.232 e. The molecule has 9 heteroatoms. The van der Waals surface area contributed by atoms with Crippen molar-refractivity contribution in [1.82, 2.24) is 9.80 Å². The molecule has 0 bridgehead atoms. The summed E-state index contributed by atoms with van der Waals surface area (Å²) in [6.07, 6.45) is 1.96. The monoisotopic (exact) mass is 369 g/mol. The third-order valence-corrected chi connectivity index (χ3v) is 5.28. The summed E-state index contributed by atoms with van der Waals surface area (Å²) in [5.74, 6) is 0.421. The molecule has 0 N–H and O–H groups in total. The Morgan fingerprint density at radius 1 is 1.28 bits per heavy atom. The van der Waals surface area contributed by atoms with Gasteiger partial charge in [-0.15, -0.1) is 0 Å². The van der Waals surface area contributed by atoms with Gasteiger partial charge in [0.15, 0.2) is 0 Å². The summed E-state index contributed by atoms with van der Waals surface area (Å²) in [5, 5.41) is 0. The quantitative estimate of drug-likeness (QED) is 0.639. The Bertz CT molecular complexity index is 714. The topological polar surface area (TPSA) is 87.2 Å². The van der Waals surface area contributed by atoms with Crippen LogP contribution in [0, 0.1) is 0 Å². The van der Waals surface area contributed by atoms with Crippen LogP contribution in [0.1, 0.15) is 6.42 Å². The largest absolute Gasteiger partial charge is 0.497 e. The van der Waals surface area contributed by atoms with Crippen molar-refractivity contribution in [3.63, 3.8) is 0 Å². The van der Waals surface area contributed by atoms with Gasteiger partial charge in [0.2, 0.25) is 22.3 Å². The molecule has 0 spiro atoms. The predicted octanol–water partition coefficient (Wildman–Crippen LogP) is 0.152. The van der Waals surface area contributed by atoms with Crippen LogP contribution in [0.2, 0.25) is 0 Å². The first kappa shape index (κ1) is 19.0. The standard InChI is InChI=1S/C16H23N3O5S/c1-24-15-5-3-4-14(12-15)19(25(2,22)23)7-6-16(21)18-10-8-17(13-20)9-11-18/h3-5,12-13H,6-11H2,1-2H3. The molecule has 138 valence electrons. The minimum absolute atomic E-state index is 0.0543. The van der Waals surface area contributed by atoms with Crippen molar-refractivity contribution >= 4 is 28.0 Å². The van der Waals surface area contributed by atoms with E-state index in [-0.39, 0.29) is 18.9 Å². The van der Waals surface area contributed by atoms with E-state index in [1.54, 1.807) is 34.1 Å². The highest BCUT2D eigenvalue weighted by atomic mass is 32.2. The normalized spacial score (nSPS) is 15.0. The Balaban J connectivity index is 2.03. The number of rotatable bonds is 7. The summed E-state index contributed by atoms with van der Waals surface area (Å²) >= 11 is 0. The van der Waals surface area contributed by atoms with Crippen molar-refractivity contribution < 1.29 is 22.7 Å². The Kier molecular flexibility index (Phi) is 6.24. The summed E-state index contributed by atoms with van der Waals surface area (Å²) < 4.78 is 30.6. The number of benzene rings is 1. The van der Waals surface area contributed by atoms with E-state index in [4.69, 9.17) is 4.74 Å². The van der Waals surface area contributed by atoms with Gasteiger partial charge in [-0.2, -0.15) is 0 Å². The van der Waals surface area contributed by atoms with Crippen LogP contribution in [0.15, 0.2) is 24.3 Å². The van der Waals surface area contributed by atoms with Gasteiger partial charge in [0.1, 0.15) is 5.75 Å². The van der Waals surface area contributed by atoms with Crippen molar-refractivity contribution in [3.8, 4) is 5.75 Å². The zero-order valence-corrected chi connectivity index (χ0v) is 15.2. The fourth-order valence-electron chi connectivity index (χ4n) is 2.68. The molecule has 0 aromatic heterocycles. The second-order valence-corrected chi connectivity index (χ2v) is 7.72. The van der Waals surface area contributed by atoms with Crippen molar-refractivity contribution in [1.29, 1.82) is 0 Å². The van der Waals surface area contributed by atoms with E-state index < -0.39 is 10.0 Å². The van der Waals surface area contributed by atoms with E-state index in [9.17, 15) is 18.0 Å². The van der Waals surface area contributed by atoms with Gasteiger partial charge in [0.05, 0.1) is 19.1 Å². The SMILES string of the molecule is COc1cccc(N(CCC(=O)N2CCN(C=O)CC2)S(C)(=O)=O)c1. The van der Waals surface area contributed by atoms with Crippen molar-refractivity contribution in [2.45, 2.75) is 6.42 Å². The number of hydrogen-bond donors (Lipinski definition) is 0. The molecule has 0 saturated carbocycles. The van der Waals surface area contributed by atoms with Gasteiger partial charge in [-0.25, -0.2) is 8.42 Å². The molecule has 1 heterocycles. The Morgan fingerprint density at radius 3 is 2.52 bits per heavy atom. The van der Waals surface area contributed by atoms with Gasteiger partial charge in [0.25, 0.3) is 0 Å². The molecular weight excluding hydrogens is 346 g/mol. The maximum Gasteiger partial charge on any atom is 0.232 e. The number of methoxy groups -OCH3 is 1. The molecule has 1 aromatic rings. The van der Waals surface area contributed by atoms with Crippen LogP contribution in [0.3, 0.4) is 0 Å². The van der Waals surface area contributed by atoms with Crippen LogP contribution >= 0.6 is 0 Å². The van der Waals surface area contributed by atoms with Crippen LogP contribution < -0.4 is 9.04 Å². The van der Waals surface area contributed by atoms with Crippen LogP contribution in [0.25, 0.3) is 0 Å². The van der Waals surface area contributed by atoms with E-state index in [0.29, 0.717) is 37.6 Å². The maximum atomic E-state index is 12.4. The lowest BCUT2D eigenvalue weighted by atomic mass is 10.2. The summed E-state index contributed by atoms with van der Waals surface area (Å²) in [6, 6.07) is 6.71. The molecule has 0 atom stereocenters. The fourth-order valence-corrected chi connectivity index (χ4v) is 3.60. The zero-order valence-electron chi connectivity index (χ0n) is 14.4. The van der Waals surface area contributed by atoms with Crippen LogP contribution in [-0.2, 0) is 19.6 Å². The second kappa shape index (κ2) is 8.19. The number of piperazine rings is 1. The van der Waals surface area contributed by atoms with Crippen molar-refractivity contribution in [3.05, 3.63) is 24.3 Å². The lowest BCUT2D eigenvalue weighted by Crippen LogP contribution is -2.48. The molecule has 1 aliphatic rings. The van der Waals surface area contributed by atoms with Gasteiger partial charge in [0, 0.05) is 45.2 Å². The van der Waals surface area contributed by atoms with E-state index in [1.807, 2.05) is 0 Å². The number of nitrogens with zero attached hydrogens (tertiary/aromatic N) is 3. The minimum atomic E-state index is -3.53. The third kappa shape index (κ3) is 5.09. The van der Waals surface area contributed by atoms with Crippen LogP contribution in [0.5, 0.6) is 5.75 Å². The lowest BCUT2D eigenvalue weighted by Gasteiger charge is -2.33. The van der Waals surface area contributed by atoms with Gasteiger partial charge in [-0.1, -0.05) is 6.07 Å². The number of hydrogen-bond acceptors (Lipinski definition) is 5. The second-order valence-electron chi connectivity index (χ2n) is 5.81. The molecule has 1 aliphatic heterocycles. The highest BCUT2D eigenvalue weighted by Crippen LogP contribution is 2.23. The van der Waals surface area contributed by atoms with E-state index in [2.05, 4.69) is 0 Å². The van der Waals surface area contributed by atoms with E-state index >= 15 is 0 Å². The average molecular weight is 369 g/mol. The molecule has 2 amide bonds. The van der Waals surface area contributed by atoms with E-state index in [0.717, 1.165) is 12.7 Å². The molecule has 0 aliphatic carbocycles. The molecule has 0 unspecified atom stereocenters. The molecular formula is C16H23N3O5S. The van der Waals surface area contributed by atoms with E-state index in [1.165, 1.54) is 11.4 Å². The first-order valence-corrected chi connectivity index (χ1v) is 9.79. The number of carbonyl (C=O) groups excluding carboxylic acids is 2. The highest BCUT2D eigenvalue weighted by Gasteiger charge is 2.23. The molecule has 25 heavy (non-hydrogen) atoms. The molecule has 8 nitrogen and oxygen atoms in total. The van der Waals surface area contributed by atoms with Crippen molar-refractivity contribution in [2.75, 3.05) is 50.4 Å². The number of carbonyl (C=O) groups is 2.